The summed E-state index contributed by atoms with van der Waals surface area (Å²) in [5.41, 5.74) is 1.67. The summed E-state index contributed by atoms with van der Waals surface area (Å²) < 4.78 is 36.2. The SMILES string of the molecule is Cc1ccc(Oc2ccc(NC(=O)COC(=O)c3cccc(S(=O)(=O)N(C)C)c3)cc2)cc1. The van der Waals surface area contributed by atoms with Gasteiger partial charge in [-0.15, -0.1) is 0 Å². The molecule has 0 spiro atoms. The molecule has 172 valence electrons. The van der Waals surface area contributed by atoms with Gasteiger partial charge in [0.1, 0.15) is 11.5 Å². The van der Waals surface area contributed by atoms with Crippen LogP contribution in [0.15, 0.2) is 77.7 Å². The molecule has 0 unspecified atom stereocenters. The van der Waals surface area contributed by atoms with Gasteiger partial charge in [0.15, 0.2) is 6.61 Å². The Labute approximate surface area is 192 Å². The lowest BCUT2D eigenvalue weighted by Crippen LogP contribution is -2.23. The summed E-state index contributed by atoms with van der Waals surface area (Å²) in [6.45, 7) is 1.47. The van der Waals surface area contributed by atoms with Crippen molar-refractivity contribution < 1.29 is 27.5 Å². The minimum Gasteiger partial charge on any atom is -0.457 e. The fraction of sp³-hybridized carbons (Fsp3) is 0.167. The lowest BCUT2D eigenvalue weighted by atomic mass is 10.2. The first-order valence-electron chi connectivity index (χ1n) is 9.99. The molecule has 0 fully saturated rings. The van der Waals surface area contributed by atoms with Gasteiger partial charge in [-0.05, 0) is 61.5 Å². The van der Waals surface area contributed by atoms with Crippen molar-refractivity contribution in [1.29, 1.82) is 0 Å². The van der Waals surface area contributed by atoms with E-state index >= 15 is 0 Å². The molecule has 0 bridgehead atoms. The number of sulfonamides is 1. The third-order valence-corrected chi connectivity index (χ3v) is 6.39. The van der Waals surface area contributed by atoms with E-state index in [0.29, 0.717) is 17.2 Å². The van der Waals surface area contributed by atoms with Gasteiger partial charge in [0.05, 0.1) is 10.5 Å². The monoisotopic (exact) mass is 468 g/mol. The van der Waals surface area contributed by atoms with Crippen LogP contribution >= 0.6 is 0 Å². The number of anilines is 1. The number of aryl methyl sites for hydroxylation is 1. The summed E-state index contributed by atoms with van der Waals surface area (Å²) in [4.78, 5) is 24.4. The number of rotatable bonds is 8. The Morgan fingerprint density at radius 1 is 0.909 bits per heavy atom. The van der Waals surface area contributed by atoms with Gasteiger partial charge in [0, 0.05) is 19.8 Å². The zero-order valence-corrected chi connectivity index (χ0v) is 19.3. The molecule has 0 saturated heterocycles. The maximum atomic E-state index is 12.3. The van der Waals surface area contributed by atoms with E-state index in [-0.39, 0.29) is 10.5 Å². The fourth-order valence-corrected chi connectivity index (χ4v) is 3.70. The molecule has 1 amide bonds. The number of nitrogens with one attached hydrogen (secondary N) is 1. The van der Waals surface area contributed by atoms with Crippen molar-refractivity contribution in [3.63, 3.8) is 0 Å². The van der Waals surface area contributed by atoms with E-state index in [9.17, 15) is 18.0 Å². The molecule has 1 N–H and O–H groups in total. The lowest BCUT2D eigenvalue weighted by molar-refractivity contribution is -0.119. The van der Waals surface area contributed by atoms with Gasteiger partial charge in [0.2, 0.25) is 10.0 Å². The molecule has 3 aromatic rings. The van der Waals surface area contributed by atoms with Gasteiger partial charge >= 0.3 is 5.97 Å². The van der Waals surface area contributed by atoms with E-state index < -0.39 is 28.5 Å². The van der Waals surface area contributed by atoms with E-state index in [1.807, 2.05) is 31.2 Å². The van der Waals surface area contributed by atoms with Crippen LogP contribution < -0.4 is 10.1 Å². The van der Waals surface area contributed by atoms with Gasteiger partial charge in [-0.3, -0.25) is 4.79 Å². The second-order valence-electron chi connectivity index (χ2n) is 7.38. The van der Waals surface area contributed by atoms with Crippen molar-refractivity contribution >= 4 is 27.6 Å². The number of benzene rings is 3. The van der Waals surface area contributed by atoms with Crippen molar-refractivity contribution in [2.45, 2.75) is 11.8 Å². The largest absolute Gasteiger partial charge is 0.457 e. The molecule has 0 aliphatic rings. The maximum absolute atomic E-state index is 12.3. The van der Waals surface area contributed by atoms with Crippen molar-refractivity contribution in [1.82, 2.24) is 4.31 Å². The maximum Gasteiger partial charge on any atom is 0.338 e. The first kappa shape index (κ1) is 24.0. The first-order valence-corrected chi connectivity index (χ1v) is 11.4. The first-order chi connectivity index (χ1) is 15.6. The van der Waals surface area contributed by atoms with Gasteiger partial charge in [-0.2, -0.15) is 0 Å². The van der Waals surface area contributed by atoms with Crippen molar-refractivity contribution in [2.24, 2.45) is 0 Å². The molecule has 0 aromatic heterocycles. The van der Waals surface area contributed by atoms with E-state index in [2.05, 4.69) is 5.32 Å². The lowest BCUT2D eigenvalue weighted by Gasteiger charge is -2.12. The molecule has 3 aromatic carbocycles. The Bertz CT molecular complexity index is 1240. The van der Waals surface area contributed by atoms with Crippen molar-refractivity contribution in [2.75, 3.05) is 26.0 Å². The third kappa shape index (κ3) is 6.41. The van der Waals surface area contributed by atoms with Crippen LogP contribution in [-0.4, -0.2) is 45.3 Å². The average Bonchev–Trinajstić information content (AvgIpc) is 2.80. The Morgan fingerprint density at radius 3 is 2.12 bits per heavy atom. The second kappa shape index (κ2) is 10.3. The Morgan fingerprint density at radius 2 is 1.52 bits per heavy atom. The van der Waals surface area contributed by atoms with Gasteiger partial charge in [0.25, 0.3) is 5.91 Å². The Balaban J connectivity index is 1.54. The summed E-state index contributed by atoms with van der Waals surface area (Å²) in [6.07, 6.45) is 0. The molecule has 0 radical (unpaired) electrons. The van der Waals surface area contributed by atoms with Crippen LogP contribution in [0.25, 0.3) is 0 Å². The topological polar surface area (TPSA) is 102 Å². The van der Waals surface area contributed by atoms with Crippen molar-refractivity contribution in [3.8, 4) is 11.5 Å². The van der Waals surface area contributed by atoms with E-state index in [1.165, 1.54) is 38.4 Å². The molecule has 0 atom stereocenters. The highest BCUT2D eigenvalue weighted by atomic mass is 32.2. The van der Waals surface area contributed by atoms with Gasteiger partial charge in [-0.25, -0.2) is 17.5 Å². The molecule has 0 saturated carbocycles. The van der Waals surface area contributed by atoms with E-state index in [0.717, 1.165) is 9.87 Å². The zero-order valence-electron chi connectivity index (χ0n) is 18.4. The average molecular weight is 469 g/mol. The highest BCUT2D eigenvalue weighted by molar-refractivity contribution is 7.89. The number of nitrogens with zero attached hydrogens (tertiary/aromatic N) is 1. The zero-order chi connectivity index (χ0) is 24.0. The smallest absolute Gasteiger partial charge is 0.338 e. The molecule has 9 heteroatoms. The molecule has 3 rings (SSSR count). The number of hydrogen-bond donors (Lipinski definition) is 1. The number of hydrogen-bond acceptors (Lipinski definition) is 6. The van der Waals surface area contributed by atoms with Crippen LogP contribution in [0.4, 0.5) is 5.69 Å². The standard InChI is InChI=1S/C24H24N2O6S/c1-17-7-11-20(12-8-17)32-21-13-9-19(10-14-21)25-23(27)16-31-24(28)18-5-4-6-22(15-18)33(29,30)26(2)3/h4-15H,16H2,1-3H3,(H,25,27). The number of carbonyl (C=O) groups is 2. The van der Waals surface area contributed by atoms with E-state index in [1.54, 1.807) is 24.3 Å². The Hall–Kier alpha value is -3.69. The number of esters is 1. The molecule has 33 heavy (non-hydrogen) atoms. The molecule has 0 heterocycles. The van der Waals surface area contributed by atoms with Crippen LogP contribution in [0.3, 0.4) is 0 Å². The molecule has 0 aliphatic carbocycles. The van der Waals surface area contributed by atoms with Crippen LogP contribution in [-0.2, 0) is 19.6 Å². The fourth-order valence-electron chi connectivity index (χ4n) is 2.75. The second-order valence-corrected chi connectivity index (χ2v) is 9.53. The van der Waals surface area contributed by atoms with Crippen LogP contribution in [0.1, 0.15) is 15.9 Å². The highest BCUT2D eigenvalue weighted by Crippen LogP contribution is 2.23. The number of carbonyl (C=O) groups excluding carboxylic acids is 2. The summed E-state index contributed by atoms with van der Waals surface area (Å²) in [5.74, 6) is -0.0296. The van der Waals surface area contributed by atoms with Gasteiger partial charge in [-0.1, -0.05) is 23.8 Å². The minimum absolute atomic E-state index is 0.0309. The molecule has 0 aliphatic heterocycles. The highest BCUT2D eigenvalue weighted by Gasteiger charge is 2.19. The normalized spacial score (nSPS) is 11.2. The predicted molar refractivity (Wildman–Crippen MR) is 124 cm³/mol. The van der Waals surface area contributed by atoms with E-state index in [4.69, 9.17) is 9.47 Å². The molecular formula is C24H24N2O6S. The third-order valence-electron chi connectivity index (χ3n) is 4.58. The summed E-state index contributed by atoms with van der Waals surface area (Å²) in [7, 11) is -0.905. The predicted octanol–water partition coefficient (Wildman–Crippen LogP) is 3.83. The van der Waals surface area contributed by atoms with Gasteiger partial charge < -0.3 is 14.8 Å². The summed E-state index contributed by atoms with van der Waals surface area (Å²) in [5, 5.41) is 2.62. The van der Waals surface area contributed by atoms with Crippen LogP contribution in [0.2, 0.25) is 0 Å². The number of ether oxygens (including phenoxy) is 2. The number of amides is 1. The molecule has 8 nitrogen and oxygen atoms in total. The molecular weight excluding hydrogens is 444 g/mol. The minimum atomic E-state index is -3.69. The summed E-state index contributed by atoms with van der Waals surface area (Å²) in [6, 6.07) is 19.8. The summed E-state index contributed by atoms with van der Waals surface area (Å²) >= 11 is 0. The quantitative estimate of drug-likeness (QED) is 0.504. The van der Waals surface area contributed by atoms with Crippen LogP contribution in [0.5, 0.6) is 11.5 Å². The Kier molecular flexibility index (Phi) is 7.47. The van der Waals surface area contributed by atoms with Crippen LogP contribution in [0, 0.1) is 6.92 Å². The van der Waals surface area contributed by atoms with Crippen molar-refractivity contribution in [3.05, 3.63) is 83.9 Å².